The van der Waals surface area contributed by atoms with Crippen molar-refractivity contribution in [1.29, 1.82) is 0 Å². The van der Waals surface area contributed by atoms with Gasteiger partial charge >= 0.3 is 5.97 Å². The average molecular weight is 186 g/mol. The molecular formula is C9H14O4. The maximum atomic E-state index is 10.5. The molecule has 1 spiro atoms. The highest BCUT2D eigenvalue weighted by atomic mass is 16.8. The second-order valence-corrected chi connectivity index (χ2v) is 3.62. The third-order valence-electron chi connectivity index (χ3n) is 2.50. The number of hydrogen-bond donors (Lipinski definition) is 0. The van der Waals surface area contributed by atoms with E-state index in [1.807, 2.05) is 0 Å². The van der Waals surface area contributed by atoms with Crippen molar-refractivity contribution in [3.8, 4) is 0 Å². The van der Waals surface area contributed by atoms with E-state index >= 15 is 0 Å². The van der Waals surface area contributed by atoms with E-state index in [2.05, 4.69) is 0 Å². The zero-order valence-corrected chi connectivity index (χ0v) is 7.75. The van der Waals surface area contributed by atoms with Gasteiger partial charge in [-0.05, 0) is 6.42 Å². The second kappa shape index (κ2) is 3.27. The first-order valence-corrected chi connectivity index (χ1v) is 4.65. The summed E-state index contributed by atoms with van der Waals surface area (Å²) in [7, 11) is 0. The molecule has 13 heavy (non-hydrogen) atoms. The molecule has 0 N–H and O–H groups in total. The van der Waals surface area contributed by atoms with Gasteiger partial charge in [0.25, 0.3) is 0 Å². The fraction of sp³-hybridized carbons (Fsp3) is 0.889. The van der Waals surface area contributed by atoms with Crippen LogP contribution in [-0.4, -0.2) is 31.1 Å². The summed E-state index contributed by atoms with van der Waals surface area (Å²) in [5.74, 6) is -0.580. The van der Waals surface area contributed by atoms with Gasteiger partial charge in [-0.15, -0.1) is 0 Å². The SMILES string of the molecule is CC(=O)OCC1COC2(CCC2)O1. The van der Waals surface area contributed by atoms with E-state index in [9.17, 15) is 4.79 Å². The number of hydrogen-bond acceptors (Lipinski definition) is 4. The van der Waals surface area contributed by atoms with Gasteiger partial charge in [-0.2, -0.15) is 0 Å². The smallest absolute Gasteiger partial charge is 0.302 e. The Kier molecular flexibility index (Phi) is 2.26. The van der Waals surface area contributed by atoms with Crippen LogP contribution in [0.3, 0.4) is 0 Å². The molecule has 1 saturated carbocycles. The van der Waals surface area contributed by atoms with Gasteiger partial charge in [0, 0.05) is 19.8 Å². The molecule has 1 saturated heterocycles. The Morgan fingerprint density at radius 2 is 2.38 bits per heavy atom. The quantitative estimate of drug-likeness (QED) is 0.599. The normalized spacial score (nSPS) is 30.1. The van der Waals surface area contributed by atoms with Crippen LogP contribution in [0.5, 0.6) is 0 Å². The van der Waals surface area contributed by atoms with Crippen molar-refractivity contribution in [2.75, 3.05) is 13.2 Å². The van der Waals surface area contributed by atoms with Crippen LogP contribution in [-0.2, 0) is 19.0 Å². The van der Waals surface area contributed by atoms with Crippen molar-refractivity contribution in [2.24, 2.45) is 0 Å². The summed E-state index contributed by atoms with van der Waals surface area (Å²) in [5, 5.41) is 0. The van der Waals surface area contributed by atoms with Crippen LogP contribution in [0.4, 0.5) is 0 Å². The lowest BCUT2D eigenvalue weighted by molar-refractivity contribution is -0.219. The van der Waals surface area contributed by atoms with Crippen LogP contribution in [0.2, 0.25) is 0 Å². The lowest BCUT2D eigenvalue weighted by Gasteiger charge is -2.35. The molecule has 1 aliphatic heterocycles. The number of esters is 1. The van der Waals surface area contributed by atoms with E-state index in [0.29, 0.717) is 13.2 Å². The molecule has 0 aromatic carbocycles. The third-order valence-corrected chi connectivity index (χ3v) is 2.50. The van der Waals surface area contributed by atoms with Crippen LogP contribution in [0.25, 0.3) is 0 Å². The minimum Gasteiger partial charge on any atom is -0.463 e. The fourth-order valence-corrected chi connectivity index (χ4v) is 1.64. The molecule has 1 atom stereocenters. The lowest BCUT2D eigenvalue weighted by atomic mass is 9.91. The zero-order valence-electron chi connectivity index (χ0n) is 7.75. The molecular weight excluding hydrogens is 172 g/mol. The fourth-order valence-electron chi connectivity index (χ4n) is 1.64. The van der Waals surface area contributed by atoms with Crippen molar-refractivity contribution in [3.05, 3.63) is 0 Å². The monoisotopic (exact) mass is 186 g/mol. The first kappa shape index (κ1) is 8.97. The Balaban J connectivity index is 1.75. The van der Waals surface area contributed by atoms with Crippen LogP contribution < -0.4 is 0 Å². The minimum atomic E-state index is -0.315. The maximum absolute atomic E-state index is 10.5. The highest BCUT2D eigenvalue weighted by Crippen LogP contribution is 2.41. The van der Waals surface area contributed by atoms with E-state index in [-0.39, 0.29) is 17.9 Å². The number of ether oxygens (including phenoxy) is 3. The van der Waals surface area contributed by atoms with Crippen LogP contribution in [0.15, 0.2) is 0 Å². The zero-order chi connectivity index (χ0) is 9.31. The predicted molar refractivity (Wildman–Crippen MR) is 44.0 cm³/mol. The molecule has 0 radical (unpaired) electrons. The Morgan fingerprint density at radius 3 is 2.85 bits per heavy atom. The van der Waals surface area contributed by atoms with Crippen LogP contribution in [0, 0.1) is 0 Å². The first-order valence-electron chi connectivity index (χ1n) is 4.65. The summed E-state index contributed by atoms with van der Waals surface area (Å²) >= 11 is 0. The van der Waals surface area contributed by atoms with Crippen LogP contribution >= 0.6 is 0 Å². The maximum Gasteiger partial charge on any atom is 0.302 e. The minimum absolute atomic E-state index is 0.0656. The van der Waals surface area contributed by atoms with Gasteiger partial charge in [-0.1, -0.05) is 0 Å². The summed E-state index contributed by atoms with van der Waals surface area (Å²) in [6.45, 7) is 2.26. The molecule has 1 unspecified atom stereocenters. The molecule has 0 aromatic heterocycles. The molecule has 1 heterocycles. The van der Waals surface area contributed by atoms with Gasteiger partial charge in [0.2, 0.25) is 0 Å². The Morgan fingerprint density at radius 1 is 1.62 bits per heavy atom. The summed E-state index contributed by atoms with van der Waals surface area (Å²) in [4.78, 5) is 10.5. The van der Waals surface area contributed by atoms with E-state index in [0.717, 1.165) is 12.8 Å². The molecule has 74 valence electrons. The van der Waals surface area contributed by atoms with Crippen molar-refractivity contribution >= 4 is 5.97 Å². The van der Waals surface area contributed by atoms with Crippen LogP contribution in [0.1, 0.15) is 26.2 Å². The summed E-state index contributed by atoms with van der Waals surface area (Å²) in [6.07, 6.45) is 3.05. The summed E-state index contributed by atoms with van der Waals surface area (Å²) < 4.78 is 16.0. The van der Waals surface area contributed by atoms with Gasteiger partial charge in [-0.25, -0.2) is 0 Å². The highest BCUT2D eigenvalue weighted by molar-refractivity contribution is 5.65. The van der Waals surface area contributed by atoms with E-state index < -0.39 is 0 Å². The summed E-state index contributed by atoms with van der Waals surface area (Å²) in [5.41, 5.74) is 0. The van der Waals surface area contributed by atoms with Gasteiger partial charge in [-0.3, -0.25) is 4.79 Å². The molecule has 1 aliphatic carbocycles. The highest BCUT2D eigenvalue weighted by Gasteiger charge is 2.46. The Hall–Kier alpha value is -0.610. The van der Waals surface area contributed by atoms with Gasteiger partial charge in [0.05, 0.1) is 6.61 Å². The Labute approximate surface area is 77.1 Å². The molecule has 2 fully saturated rings. The number of rotatable bonds is 2. The second-order valence-electron chi connectivity index (χ2n) is 3.62. The Bertz CT molecular complexity index is 210. The number of carbonyl (C=O) groups excluding carboxylic acids is 1. The molecule has 0 amide bonds. The van der Waals surface area contributed by atoms with Gasteiger partial charge < -0.3 is 14.2 Å². The molecule has 0 aromatic rings. The number of carbonyl (C=O) groups is 1. The van der Waals surface area contributed by atoms with E-state index in [1.54, 1.807) is 0 Å². The van der Waals surface area contributed by atoms with Crippen molar-refractivity contribution in [1.82, 2.24) is 0 Å². The molecule has 4 heteroatoms. The molecule has 0 bridgehead atoms. The first-order chi connectivity index (χ1) is 6.20. The van der Waals surface area contributed by atoms with Gasteiger partial charge in [0.1, 0.15) is 12.7 Å². The van der Waals surface area contributed by atoms with E-state index in [4.69, 9.17) is 14.2 Å². The van der Waals surface area contributed by atoms with Gasteiger partial charge in [0.15, 0.2) is 5.79 Å². The van der Waals surface area contributed by atoms with Crippen molar-refractivity contribution in [2.45, 2.75) is 38.1 Å². The average Bonchev–Trinajstić information content (AvgIpc) is 2.43. The standard InChI is InChI=1S/C9H14O4/c1-7(10)11-5-8-6-12-9(13-8)3-2-4-9/h8H,2-6H2,1H3. The third kappa shape index (κ3) is 1.84. The lowest BCUT2D eigenvalue weighted by Crippen LogP contribution is -2.39. The van der Waals surface area contributed by atoms with Crippen molar-refractivity contribution < 1.29 is 19.0 Å². The largest absolute Gasteiger partial charge is 0.463 e. The molecule has 2 rings (SSSR count). The summed E-state index contributed by atoms with van der Waals surface area (Å²) in [6, 6.07) is 0. The predicted octanol–water partition coefficient (Wildman–Crippen LogP) is 0.845. The topological polar surface area (TPSA) is 44.8 Å². The van der Waals surface area contributed by atoms with E-state index in [1.165, 1.54) is 13.3 Å². The van der Waals surface area contributed by atoms with Crippen molar-refractivity contribution in [3.63, 3.8) is 0 Å². The molecule has 2 aliphatic rings. The molecule has 4 nitrogen and oxygen atoms in total.